The molecule has 0 aliphatic carbocycles. The zero-order chi connectivity index (χ0) is 15.7. The molecule has 0 aromatic heterocycles. The van der Waals surface area contributed by atoms with E-state index in [0.29, 0.717) is 30.3 Å². The van der Waals surface area contributed by atoms with Crippen LogP contribution in [-0.4, -0.2) is 19.1 Å². The first-order valence-corrected chi connectivity index (χ1v) is 6.93. The molecule has 0 spiro atoms. The number of nitriles is 1. The van der Waals surface area contributed by atoms with E-state index in [0.717, 1.165) is 12.8 Å². The van der Waals surface area contributed by atoms with Crippen molar-refractivity contribution < 1.29 is 14.3 Å². The fourth-order valence-electron chi connectivity index (χ4n) is 1.65. The van der Waals surface area contributed by atoms with E-state index in [1.54, 1.807) is 24.3 Å². The van der Waals surface area contributed by atoms with Gasteiger partial charge in [0.15, 0.2) is 11.5 Å². The van der Waals surface area contributed by atoms with Gasteiger partial charge in [0.2, 0.25) is 0 Å². The van der Waals surface area contributed by atoms with Gasteiger partial charge in [0.05, 0.1) is 13.2 Å². The summed E-state index contributed by atoms with van der Waals surface area (Å²) in [5.74, 6) is 0.489. The van der Waals surface area contributed by atoms with Crippen molar-refractivity contribution in [2.24, 2.45) is 5.73 Å². The number of nitrogens with zero attached hydrogens (tertiary/aromatic N) is 1. The number of ether oxygens (including phenoxy) is 2. The van der Waals surface area contributed by atoms with E-state index in [2.05, 4.69) is 6.92 Å². The lowest BCUT2D eigenvalue weighted by atomic mass is 10.1. The summed E-state index contributed by atoms with van der Waals surface area (Å²) in [4.78, 5) is 11.1. The standard InChI is InChI=1S/C16H20N2O3/c1-3-5-8-21-14-7-6-12(10-15(14)20-4-2)9-13(11-17)16(18)19/h6-7,9-10H,3-5,8H2,1-2H3,(H2,18,19). The second-order valence-electron chi connectivity index (χ2n) is 4.38. The van der Waals surface area contributed by atoms with Gasteiger partial charge in [0.1, 0.15) is 11.6 Å². The van der Waals surface area contributed by atoms with Crippen molar-refractivity contribution in [1.29, 1.82) is 5.26 Å². The number of benzene rings is 1. The molecule has 0 fully saturated rings. The van der Waals surface area contributed by atoms with Crippen molar-refractivity contribution in [1.82, 2.24) is 0 Å². The van der Waals surface area contributed by atoms with Gasteiger partial charge in [-0.15, -0.1) is 0 Å². The van der Waals surface area contributed by atoms with Gasteiger partial charge in [-0.25, -0.2) is 0 Å². The lowest BCUT2D eigenvalue weighted by Crippen LogP contribution is -2.12. The van der Waals surface area contributed by atoms with Crippen LogP contribution in [0.15, 0.2) is 23.8 Å². The molecule has 0 atom stereocenters. The van der Waals surface area contributed by atoms with Crippen LogP contribution in [0.1, 0.15) is 32.3 Å². The monoisotopic (exact) mass is 288 g/mol. The number of rotatable bonds is 8. The Labute approximate surface area is 125 Å². The molecule has 0 aliphatic heterocycles. The molecule has 0 bridgehead atoms. The van der Waals surface area contributed by atoms with E-state index in [-0.39, 0.29) is 5.57 Å². The van der Waals surface area contributed by atoms with Crippen LogP contribution in [0.2, 0.25) is 0 Å². The van der Waals surface area contributed by atoms with Gasteiger partial charge in [-0.3, -0.25) is 4.79 Å². The Morgan fingerprint density at radius 3 is 2.67 bits per heavy atom. The van der Waals surface area contributed by atoms with E-state index in [9.17, 15) is 4.79 Å². The Kier molecular flexibility index (Phi) is 6.82. The minimum absolute atomic E-state index is 0.0999. The summed E-state index contributed by atoms with van der Waals surface area (Å²) in [6, 6.07) is 7.02. The number of carbonyl (C=O) groups is 1. The Bertz CT molecular complexity index is 559. The van der Waals surface area contributed by atoms with Crippen LogP contribution in [0.25, 0.3) is 6.08 Å². The molecule has 1 aromatic rings. The molecule has 0 unspecified atom stereocenters. The maximum absolute atomic E-state index is 11.1. The van der Waals surface area contributed by atoms with Gasteiger partial charge in [-0.05, 0) is 37.1 Å². The van der Waals surface area contributed by atoms with Crippen LogP contribution >= 0.6 is 0 Å². The Balaban J connectivity index is 3.02. The minimum atomic E-state index is -0.751. The second-order valence-corrected chi connectivity index (χ2v) is 4.38. The molecule has 112 valence electrons. The van der Waals surface area contributed by atoms with Crippen molar-refractivity contribution in [3.05, 3.63) is 29.3 Å². The molecule has 0 radical (unpaired) electrons. The molecule has 0 aliphatic rings. The maximum Gasteiger partial charge on any atom is 0.259 e. The SMILES string of the molecule is CCCCOc1ccc(C=C(C#N)C(N)=O)cc1OCC. The number of hydrogen-bond acceptors (Lipinski definition) is 4. The molecule has 5 nitrogen and oxygen atoms in total. The van der Waals surface area contributed by atoms with E-state index in [4.69, 9.17) is 20.5 Å². The summed E-state index contributed by atoms with van der Waals surface area (Å²) in [6.45, 7) is 5.09. The second kappa shape index (κ2) is 8.64. The molecular weight excluding hydrogens is 268 g/mol. The number of amides is 1. The third-order valence-electron chi connectivity index (χ3n) is 2.72. The van der Waals surface area contributed by atoms with Crippen LogP contribution < -0.4 is 15.2 Å². The molecule has 2 N–H and O–H groups in total. The summed E-state index contributed by atoms with van der Waals surface area (Å²) >= 11 is 0. The van der Waals surface area contributed by atoms with Crippen LogP contribution in [0.4, 0.5) is 0 Å². The number of primary amides is 1. The van der Waals surface area contributed by atoms with Gasteiger partial charge in [0, 0.05) is 0 Å². The lowest BCUT2D eigenvalue weighted by Gasteiger charge is -2.12. The molecule has 0 heterocycles. The molecule has 1 aromatic carbocycles. The molecule has 5 heteroatoms. The Hall–Kier alpha value is -2.48. The fourth-order valence-corrected chi connectivity index (χ4v) is 1.65. The van der Waals surface area contributed by atoms with Crippen LogP contribution in [0.3, 0.4) is 0 Å². The van der Waals surface area contributed by atoms with E-state index < -0.39 is 5.91 Å². The van der Waals surface area contributed by atoms with Gasteiger partial charge in [0.25, 0.3) is 5.91 Å². The highest BCUT2D eigenvalue weighted by atomic mass is 16.5. The highest BCUT2D eigenvalue weighted by Gasteiger charge is 2.08. The molecule has 1 rings (SSSR count). The summed E-state index contributed by atoms with van der Waals surface area (Å²) in [6.07, 6.45) is 3.45. The largest absolute Gasteiger partial charge is 0.490 e. The Morgan fingerprint density at radius 1 is 1.33 bits per heavy atom. The smallest absolute Gasteiger partial charge is 0.259 e. The molecule has 1 amide bonds. The van der Waals surface area contributed by atoms with E-state index in [1.165, 1.54) is 6.08 Å². The lowest BCUT2D eigenvalue weighted by molar-refractivity contribution is -0.114. The third kappa shape index (κ3) is 5.19. The van der Waals surface area contributed by atoms with Crippen LogP contribution in [0.5, 0.6) is 11.5 Å². The first kappa shape index (κ1) is 16.6. The summed E-state index contributed by atoms with van der Waals surface area (Å²) < 4.78 is 11.2. The number of carbonyl (C=O) groups excluding carboxylic acids is 1. The quantitative estimate of drug-likeness (QED) is 0.452. The summed E-state index contributed by atoms with van der Waals surface area (Å²) in [5, 5.41) is 8.85. The highest BCUT2D eigenvalue weighted by Crippen LogP contribution is 2.29. The van der Waals surface area contributed by atoms with Gasteiger partial charge < -0.3 is 15.2 Å². The average molecular weight is 288 g/mol. The van der Waals surface area contributed by atoms with Crippen molar-refractivity contribution in [2.75, 3.05) is 13.2 Å². The highest BCUT2D eigenvalue weighted by molar-refractivity contribution is 6.00. The predicted molar refractivity (Wildman–Crippen MR) is 80.8 cm³/mol. The average Bonchev–Trinajstić information content (AvgIpc) is 2.47. The van der Waals surface area contributed by atoms with Crippen molar-refractivity contribution in [3.63, 3.8) is 0 Å². The first-order chi connectivity index (χ1) is 10.1. The fraction of sp³-hybridized carbons (Fsp3) is 0.375. The van der Waals surface area contributed by atoms with Crippen molar-refractivity contribution >= 4 is 12.0 Å². The normalized spacial score (nSPS) is 10.8. The molecule has 0 saturated carbocycles. The number of unbranched alkanes of at least 4 members (excludes halogenated alkanes) is 1. The summed E-state index contributed by atoms with van der Waals surface area (Å²) in [5.41, 5.74) is 5.68. The number of nitrogens with two attached hydrogens (primary N) is 1. The zero-order valence-corrected chi connectivity index (χ0v) is 12.4. The topological polar surface area (TPSA) is 85.3 Å². The molecule has 21 heavy (non-hydrogen) atoms. The predicted octanol–water partition coefficient (Wildman–Crippen LogP) is 2.66. The third-order valence-corrected chi connectivity index (χ3v) is 2.72. The van der Waals surface area contributed by atoms with E-state index in [1.807, 2.05) is 6.92 Å². The minimum Gasteiger partial charge on any atom is -0.490 e. The van der Waals surface area contributed by atoms with Gasteiger partial charge in [-0.1, -0.05) is 19.4 Å². The van der Waals surface area contributed by atoms with Gasteiger partial charge >= 0.3 is 0 Å². The maximum atomic E-state index is 11.1. The Morgan fingerprint density at radius 2 is 2.10 bits per heavy atom. The van der Waals surface area contributed by atoms with Gasteiger partial charge in [-0.2, -0.15) is 5.26 Å². The van der Waals surface area contributed by atoms with Crippen LogP contribution in [0, 0.1) is 11.3 Å². The van der Waals surface area contributed by atoms with Crippen molar-refractivity contribution in [2.45, 2.75) is 26.7 Å². The molecule has 0 saturated heterocycles. The summed E-state index contributed by atoms with van der Waals surface area (Å²) in [7, 11) is 0. The zero-order valence-electron chi connectivity index (χ0n) is 12.4. The van der Waals surface area contributed by atoms with Crippen molar-refractivity contribution in [3.8, 4) is 17.6 Å². The first-order valence-electron chi connectivity index (χ1n) is 6.93. The van der Waals surface area contributed by atoms with E-state index >= 15 is 0 Å². The van der Waals surface area contributed by atoms with Crippen LogP contribution in [-0.2, 0) is 4.79 Å². The number of hydrogen-bond donors (Lipinski definition) is 1. The molecular formula is C16H20N2O3.